The Bertz CT molecular complexity index is 524. The van der Waals surface area contributed by atoms with Gasteiger partial charge in [-0.05, 0) is 43.9 Å². The average Bonchev–Trinajstić information content (AvgIpc) is 3.12. The van der Waals surface area contributed by atoms with Gasteiger partial charge in [0.2, 0.25) is 5.91 Å². The highest BCUT2D eigenvalue weighted by Gasteiger charge is 2.48. The van der Waals surface area contributed by atoms with E-state index in [0.717, 1.165) is 5.56 Å². The van der Waals surface area contributed by atoms with Crippen molar-refractivity contribution in [3.63, 3.8) is 0 Å². The Morgan fingerprint density at radius 1 is 1.26 bits per heavy atom. The predicted molar refractivity (Wildman–Crippen MR) is 71.7 cm³/mol. The quantitative estimate of drug-likeness (QED) is 0.873. The molecule has 19 heavy (non-hydrogen) atoms. The molecular weight excluding hydrogens is 242 g/mol. The summed E-state index contributed by atoms with van der Waals surface area (Å²) in [5, 5.41) is 11.7. The van der Waals surface area contributed by atoms with Gasteiger partial charge in [-0.1, -0.05) is 18.2 Å². The van der Waals surface area contributed by atoms with Crippen molar-refractivity contribution in [2.75, 3.05) is 0 Å². The number of nitrogens with one attached hydrogen (secondary N) is 1. The lowest BCUT2D eigenvalue weighted by molar-refractivity contribution is -0.140. The van der Waals surface area contributed by atoms with Gasteiger partial charge >= 0.3 is 5.97 Å². The van der Waals surface area contributed by atoms with Crippen LogP contribution >= 0.6 is 0 Å². The van der Waals surface area contributed by atoms with Crippen LogP contribution in [0.3, 0.4) is 0 Å². The number of carboxylic acid groups (broad SMARTS) is 1. The zero-order chi connectivity index (χ0) is 14.2. The molecule has 0 spiro atoms. The van der Waals surface area contributed by atoms with Crippen LogP contribution < -0.4 is 5.32 Å². The Hall–Kier alpha value is -1.84. The number of benzene rings is 1. The normalized spacial score (nSPS) is 22.7. The largest absolute Gasteiger partial charge is 0.481 e. The molecule has 4 nitrogen and oxygen atoms in total. The molecule has 2 rings (SSSR count). The number of hydrogen-bond acceptors (Lipinski definition) is 2. The van der Waals surface area contributed by atoms with E-state index in [4.69, 9.17) is 5.11 Å². The van der Waals surface area contributed by atoms with Gasteiger partial charge in [-0.2, -0.15) is 0 Å². The van der Waals surface area contributed by atoms with Crippen molar-refractivity contribution >= 4 is 11.9 Å². The van der Waals surface area contributed by atoms with Gasteiger partial charge in [-0.3, -0.25) is 9.59 Å². The Balaban J connectivity index is 1.97. The molecule has 1 aliphatic carbocycles. The molecule has 1 aromatic carbocycles. The van der Waals surface area contributed by atoms with Gasteiger partial charge in [-0.15, -0.1) is 0 Å². The zero-order valence-corrected chi connectivity index (χ0v) is 11.4. The molecule has 0 heterocycles. The van der Waals surface area contributed by atoms with Crippen LogP contribution in [0.25, 0.3) is 0 Å². The Kier molecular flexibility index (Phi) is 3.60. The summed E-state index contributed by atoms with van der Waals surface area (Å²) in [5.74, 6) is -1.88. The molecule has 1 saturated carbocycles. The number of rotatable bonds is 4. The first-order chi connectivity index (χ1) is 8.90. The van der Waals surface area contributed by atoms with Crippen LogP contribution in [0.4, 0.5) is 0 Å². The van der Waals surface area contributed by atoms with E-state index < -0.39 is 11.9 Å². The van der Waals surface area contributed by atoms with Gasteiger partial charge in [0.15, 0.2) is 0 Å². The van der Waals surface area contributed by atoms with Gasteiger partial charge in [0.05, 0.1) is 17.9 Å². The number of carbonyl (C=O) groups excluding carboxylic acids is 1. The molecule has 0 aliphatic heterocycles. The Morgan fingerprint density at radius 2 is 1.95 bits per heavy atom. The molecule has 1 aliphatic rings. The summed E-state index contributed by atoms with van der Waals surface area (Å²) in [6, 6.07) is 5.99. The van der Waals surface area contributed by atoms with Crippen molar-refractivity contribution in [2.24, 2.45) is 11.8 Å². The van der Waals surface area contributed by atoms with E-state index in [-0.39, 0.29) is 17.9 Å². The highest BCUT2D eigenvalue weighted by atomic mass is 16.4. The maximum Gasteiger partial charge on any atom is 0.307 e. The summed E-state index contributed by atoms with van der Waals surface area (Å²) in [7, 11) is 0. The minimum Gasteiger partial charge on any atom is -0.481 e. The van der Waals surface area contributed by atoms with E-state index in [1.54, 1.807) is 0 Å². The van der Waals surface area contributed by atoms with Gasteiger partial charge in [-0.25, -0.2) is 0 Å². The van der Waals surface area contributed by atoms with Gasteiger partial charge in [0, 0.05) is 0 Å². The third-order valence-corrected chi connectivity index (χ3v) is 3.83. The molecule has 0 aromatic heterocycles. The fourth-order valence-corrected chi connectivity index (χ4v) is 2.20. The fraction of sp³-hybridized carbons (Fsp3) is 0.467. The number of aliphatic carboxylic acids is 1. The van der Waals surface area contributed by atoms with Gasteiger partial charge in [0.1, 0.15) is 0 Å². The van der Waals surface area contributed by atoms with Crippen molar-refractivity contribution < 1.29 is 14.7 Å². The first kappa shape index (κ1) is 13.6. The summed E-state index contributed by atoms with van der Waals surface area (Å²) >= 11 is 0. The second-order valence-electron chi connectivity index (χ2n) is 5.36. The van der Waals surface area contributed by atoms with Crippen LogP contribution in [-0.4, -0.2) is 17.0 Å². The molecule has 3 unspecified atom stereocenters. The molecule has 0 bridgehead atoms. The van der Waals surface area contributed by atoms with E-state index in [1.807, 2.05) is 32.9 Å². The molecule has 4 heteroatoms. The Morgan fingerprint density at radius 3 is 2.47 bits per heavy atom. The molecule has 1 fully saturated rings. The molecule has 102 valence electrons. The molecule has 2 N–H and O–H groups in total. The van der Waals surface area contributed by atoms with Gasteiger partial charge < -0.3 is 10.4 Å². The van der Waals surface area contributed by atoms with E-state index in [0.29, 0.717) is 6.42 Å². The Labute approximate surface area is 112 Å². The van der Waals surface area contributed by atoms with Crippen LogP contribution in [0.1, 0.15) is 36.1 Å². The highest BCUT2D eigenvalue weighted by Crippen LogP contribution is 2.39. The number of hydrogen-bond donors (Lipinski definition) is 2. The summed E-state index contributed by atoms with van der Waals surface area (Å²) in [6.45, 7) is 6.00. The number of carboxylic acids is 1. The SMILES string of the molecule is Cc1ccc(C(C)NC(=O)C2CC2C(=O)O)cc1C. The lowest BCUT2D eigenvalue weighted by Gasteiger charge is -2.15. The molecule has 1 amide bonds. The van der Waals surface area contributed by atoms with E-state index in [2.05, 4.69) is 11.4 Å². The third-order valence-electron chi connectivity index (χ3n) is 3.83. The smallest absolute Gasteiger partial charge is 0.307 e. The first-order valence-corrected chi connectivity index (χ1v) is 6.50. The minimum atomic E-state index is -0.876. The number of carbonyl (C=O) groups is 2. The van der Waals surface area contributed by atoms with Crippen molar-refractivity contribution in [2.45, 2.75) is 33.2 Å². The number of aryl methyl sites for hydroxylation is 2. The van der Waals surface area contributed by atoms with Crippen molar-refractivity contribution in [1.29, 1.82) is 0 Å². The van der Waals surface area contributed by atoms with Crippen molar-refractivity contribution in [3.05, 3.63) is 34.9 Å². The summed E-state index contributed by atoms with van der Waals surface area (Å²) in [6.07, 6.45) is 0.459. The predicted octanol–water partition coefficient (Wildman–Crippen LogP) is 2.20. The van der Waals surface area contributed by atoms with E-state index in [1.165, 1.54) is 11.1 Å². The van der Waals surface area contributed by atoms with Crippen LogP contribution in [-0.2, 0) is 9.59 Å². The van der Waals surface area contributed by atoms with Crippen LogP contribution in [0, 0.1) is 25.7 Å². The summed E-state index contributed by atoms with van der Waals surface area (Å²) < 4.78 is 0. The highest BCUT2D eigenvalue weighted by molar-refractivity contribution is 5.89. The van der Waals surface area contributed by atoms with E-state index in [9.17, 15) is 9.59 Å². The van der Waals surface area contributed by atoms with Crippen LogP contribution in [0.5, 0.6) is 0 Å². The summed E-state index contributed by atoms with van der Waals surface area (Å²) in [5.41, 5.74) is 3.45. The summed E-state index contributed by atoms with van der Waals surface area (Å²) in [4.78, 5) is 22.6. The zero-order valence-electron chi connectivity index (χ0n) is 11.4. The topological polar surface area (TPSA) is 66.4 Å². The van der Waals surface area contributed by atoms with Crippen molar-refractivity contribution in [1.82, 2.24) is 5.32 Å². The standard InChI is InChI=1S/C15H19NO3/c1-8-4-5-11(6-9(8)2)10(3)16-14(17)12-7-13(12)15(18)19/h4-6,10,12-13H,7H2,1-3H3,(H,16,17)(H,18,19). The second kappa shape index (κ2) is 5.03. The van der Waals surface area contributed by atoms with E-state index >= 15 is 0 Å². The fourth-order valence-electron chi connectivity index (χ4n) is 2.20. The van der Waals surface area contributed by atoms with Gasteiger partial charge in [0.25, 0.3) is 0 Å². The average molecular weight is 261 g/mol. The molecule has 0 radical (unpaired) electrons. The van der Waals surface area contributed by atoms with Crippen LogP contribution in [0.2, 0.25) is 0 Å². The van der Waals surface area contributed by atoms with Crippen molar-refractivity contribution in [3.8, 4) is 0 Å². The monoisotopic (exact) mass is 261 g/mol. The maximum atomic E-state index is 11.9. The minimum absolute atomic E-state index is 0.0955. The molecular formula is C15H19NO3. The lowest BCUT2D eigenvalue weighted by Crippen LogP contribution is -2.29. The molecule has 3 atom stereocenters. The first-order valence-electron chi connectivity index (χ1n) is 6.50. The molecule has 0 saturated heterocycles. The maximum absolute atomic E-state index is 11.9. The second-order valence-corrected chi connectivity index (χ2v) is 5.36. The number of amides is 1. The lowest BCUT2D eigenvalue weighted by atomic mass is 10.0. The van der Waals surface area contributed by atoms with Crippen LogP contribution in [0.15, 0.2) is 18.2 Å². The third kappa shape index (κ3) is 2.95. The molecule has 1 aromatic rings.